The van der Waals surface area contributed by atoms with Crippen molar-refractivity contribution in [3.05, 3.63) is 27.8 Å². The van der Waals surface area contributed by atoms with Gasteiger partial charge >= 0.3 is 5.69 Å². The van der Waals surface area contributed by atoms with Gasteiger partial charge in [-0.05, 0) is 12.1 Å². The Morgan fingerprint density at radius 3 is 3.00 bits per heavy atom. The molecule has 0 amide bonds. The second-order valence-corrected chi connectivity index (χ2v) is 6.06. The van der Waals surface area contributed by atoms with Crippen LogP contribution in [0.3, 0.4) is 0 Å². The minimum atomic E-state index is -0.922. The minimum absolute atomic E-state index is 0.0179. The molecule has 0 aliphatic rings. The lowest BCUT2D eigenvalue weighted by atomic mass is 10.2. The van der Waals surface area contributed by atoms with Gasteiger partial charge in [-0.2, -0.15) is 0 Å². The Morgan fingerprint density at radius 1 is 1.56 bits per heavy atom. The number of benzene rings is 1. The van der Waals surface area contributed by atoms with E-state index in [-0.39, 0.29) is 5.69 Å². The fourth-order valence-corrected chi connectivity index (χ4v) is 2.64. The van der Waals surface area contributed by atoms with Crippen molar-refractivity contribution in [2.24, 2.45) is 0 Å². The number of aromatic nitrogens is 1. The van der Waals surface area contributed by atoms with Gasteiger partial charge in [0.1, 0.15) is 5.69 Å². The normalized spacial score (nSPS) is 12.5. The SMILES string of the molecule is CS(=O)CCNc1ccc2scnc2c1[N+](=O)[O-]. The van der Waals surface area contributed by atoms with Gasteiger partial charge in [-0.25, -0.2) is 4.98 Å². The van der Waals surface area contributed by atoms with Crippen molar-refractivity contribution in [3.63, 3.8) is 0 Å². The molecular weight excluding hydrogens is 274 g/mol. The molecule has 6 nitrogen and oxygen atoms in total. The Hall–Kier alpha value is -1.54. The lowest BCUT2D eigenvalue weighted by molar-refractivity contribution is -0.382. The highest BCUT2D eigenvalue weighted by Crippen LogP contribution is 2.34. The molecule has 0 saturated heterocycles. The number of fused-ring (bicyclic) bond motifs is 1. The zero-order chi connectivity index (χ0) is 13.1. The van der Waals surface area contributed by atoms with E-state index in [1.807, 2.05) is 0 Å². The molecule has 18 heavy (non-hydrogen) atoms. The molecular formula is C10H11N3O3S2. The number of thiazole rings is 1. The van der Waals surface area contributed by atoms with Crippen LogP contribution >= 0.6 is 11.3 Å². The van der Waals surface area contributed by atoms with Crippen LogP contribution in [0.4, 0.5) is 11.4 Å². The van der Waals surface area contributed by atoms with E-state index in [0.29, 0.717) is 23.5 Å². The van der Waals surface area contributed by atoms with Crippen LogP contribution < -0.4 is 5.32 Å². The van der Waals surface area contributed by atoms with Crippen LogP contribution in [0.2, 0.25) is 0 Å². The molecule has 1 N–H and O–H groups in total. The number of nitrogens with zero attached hydrogens (tertiary/aromatic N) is 2. The zero-order valence-electron chi connectivity index (χ0n) is 9.58. The van der Waals surface area contributed by atoms with Gasteiger partial charge in [0.15, 0.2) is 5.52 Å². The Bertz CT molecular complexity index is 611. The molecule has 0 spiro atoms. The first-order valence-electron chi connectivity index (χ1n) is 5.14. The average Bonchev–Trinajstić information content (AvgIpc) is 2.75. The van der Waals surface area contributed by atoms with Gasteiger partial charge in [0.05, 0.1) is 15.1 Å². The lowest BCUT2D eigenvalue weighted by Crippen LogP contribution is -2.11. The Balaban J connectivity index is 2.34. The van der Waals surface area contributed by atoms with E-state index >= 15 is 0 Å². The van der Waals surface area contributed by atoms with E-state index < -0.39 is 15.7 Å². The molecule has 1 heterocycles. The first-order chi connectivity index (χ1) is 8.59. The minimum Gasteiger partial charge on any atom is -0.378 e. The van der Waals surface area contributed by atoms with E-state index in [1.165, 1.54) is 11.3 Å². The third-order valence-corrected chi connectivity index (χ3v) is 3.94. The summed E-state index contributed by atoms with van der Waals surface area (Å²) < 4.78 is 11.7. The molecule has 1 aromatic heterocycles. The maximum atomic E-state index is 11.1. The molecule has 0 aliphatic heterocycles. The Morgan fingerprint density at radius 2 is 2.33 bits per heavy atom. The topological polar surface area (TPSA) is 85.1 Å². The lowest BCUT2D eigenvalue weighted by Gasteiger charge is -2.06. The highest BCUT2D eigenvalue weighted by Gasteiger charge is 2.20. The summed E-state index contributed by atoms with van der Waals surface area (Å²) in [6.07, 6.45) is 1.60. The fourth-order valence-electron chi connectivity index (χ4n) is 1.57. The number of nitro benzene ring substituents is 1. The molecule has 0 bridgehead atoms. The van der Waals surface area contributed by atoms with Crippen LogP contribution in [0, 0.1) is 10.1 Å². The monoisotopic (exact) mass is 285 g/mol. The quantitative estimate of drug-likeness (QED) is 0.670. The number of hydrogen-bond acceptors (Lipinski definition) is 6. The third-order valence-electron chi connectivity index (χ3n) is 2.36. The summed E-state index contributed by atoms with van der Waals surface area (Å²) in [5.74, 6) is 0.451. The van der Waals surface area contributed by atoms with Gasteiger partial charge in [-0.3, -0.25) is 14.3 Å². The molecule has 0 aliphatic carbocycles. The molecule has 0 fully saturated rings. The summed E-state index contributed by atoms with van der Waals surface area (Å²) in [4.78, 5) is 14.7. The van der Waals surface area contributed by atoms with Crippen LogP contribution in [0.1, 0.15) is 0 Å². The number of rotatable bonds is 5. The van der Waals surface area contributed by atoms with E-state index in [1.54, 1.807) is 23.9 Å². The summed E-state index contributed by atoms with van der Waals surface area (Å²) in [5, 5.41) is 14.0. The van der Waals surface area contributed by atoms with Crippen LogP contribution in [-0.4, -0.2) is 32.7 Å². The van der Waals surface area contributed by atoms with Crippen molar-refractivity contribution in [1.82, 2.24) is 4.98 Å². The number of nitro groups is 1. The maximum Gasteiger partial charge on any atom is 0.319 e. The Kier molecular flexibility index (Phi) is 3.87. The molecule has 0 saturated carbocycles. The van der Waals surface area contributed by atoms with Crippen LogP contribution in [0.15, 0.2) is 17.6 Å². The van der Waals surface area contributed by atoms with Crippen molar-refractivity contribution in [2.45, 2.75) is 0 Å². The van der Waals surface area contributed by atoms with Crippen LogP contribution in [0.5, 0.6) is 0 Å². The second-order valence-electron chi connectivity index (χ2n) is 3.62. The summed E-state index contributed by atoms with van der Waals surface area (Å²) in [6, 6.07) is 3.46. The number of anilines is 1. The van der Waals surface area contributed by atoms with E-state index in [4.69, 9.17) is 0 Å². The average molecular weight is 285 g/mol. The van der Waals surface area contributed by atoms with E-state index in [2.05, 4.69) is 10.3 Å². The fraction of sp³-hybridized carbons (Fsp3) is 0.300. The van der Waals surface area contributed by atoms with Gasteiger partial charge in [0.2, 0.25) is 0 Å². The largest absolute Gasteiger partial charge is 0.378 e. The molecule has 2 aromatic rings. The highest BCUT2D eigenvalue weighted by atomic mass is 32.2. The van der Waals surface area contributed by atoms with Crippen molar-refractivity contribution in [3.8, 4) is 0 Å². The number of hydrogen-bond donors (Lipinski definition) is 1. The van der Waals surface area contributed by atoms with E-state index in [0.717, 1.165) is 4.70 Å². The van der Waals surface area contributed by atoms with Crippen molar-refractivity contribution < 1.29 is 9.13 Å². The molecule has 1 atom stereocenters. The predicted molar refractivity (Wildman–Crippen MR) is 73.7 cm³/mol. The molecule has 96 valence electrons. The summed E-state index contributed by atoms with van der Waals surface area (Å²) >= 11 is 1.36. The smallest absolute Gasteiger partial charge is 0.319 e. The standard InChI is InChI=1S/C10H11N3O3S2/c1-18(16)5-4-11-7-2-3-8-9(12-6-17-8)10(7)13(14)15/h2-3,6,11H,4-5H2,1H3. The van der Waals surface area contributed by atoms with E-state index in [9.17, 15) is 14.3 Å². The molecule has 8 heteroatoms. The van der Waals surface area contributed by atoms with Crippen molar-refractivity contribution >= 4 is 43.7 Å². The van der Waals surface area contributed by atoms with Gasteiger partial charge in [0, 0.05) is 29.4 Å². The Labute approximate surface area is 110 Å². The molecule has 1 aromatic carbocycles. The molecule has 2 rings (SSSR count). The van der Waals surface area contributed by atoms with Crippen LogP contribution in [0.25, 0.3) is 10.2 Å². The first kappa shape index (κ1) is 12.9. The summed E-state index contributed by atoms with van der Waals surface area (Å²) in [7, 11) is -0.922. The second kappa shape index (κ2) is 5.40. The van der Waals surface area contributed by atoms with Gasteiger partial charge in [0.25, 0.3) is 0 Å². The first-order valence-corrected chi connectivity index (χ1v) is 7.75. The summed E-state index contributed by atoms with van der Waals surface area (Å²) in [5.41, 5.74) is 2.38. The molecule has 0 radical (unpaired) electrons. The van der Waals surface area contributed by atoms with Gasteiger partial charge in [-0.15, -0.1) is 11.3 Å². The number of nitrogens with one attached hydrogen (secondary N) is 1. The van der Waals surface area contributed by atoms with Crippen molar-refractivity contribution in [2.75, 3.05) is 23.9 Å². The molecule has 1 unspecified atom stereocenters. The maximum absolute atomic E-state index is 11.1. The third kappa shape index (κ3) is 2.65. The van der Waals surface area contributed by atoms with Gasteiger partial charge in [-0.1, -0.05) is 0 Å². The predicted octanol–water partition coefficient (Wildman–Crippen LogP) is 1.99. The van der Waals surface area contributed by atoms with Crippen molar-refractivity contribution in [1.29, 1.82) is 0 Å². The van der Waals surface area contributed by atoms with Crippen LogP contribution in [-0.2, 0) is 10.8 Å². The highest BCUT2D eigenvalue weighted by molar-refractivity contribution is 7.84. The summed E-state index contributed by atoms with van der Waals surface area (Å²) in [6.45, 7) is 0.430. The van der Waals surface area contributed by atoms with Gasteiger partial charge < -0.3 is 5.32 Å². The zero-order valence-corrected chi connectivity index (χ0v) is 11.2.